The van der Waals surface area contributed by atoms with Crippen LogP contribution < -0.4 is 10.0 Å². The molecule has 0 saturated carbocycles. The molecule has 2 atom stereocenters. The molecule has 1 amide bonds. The van der Waals surface area contributed by atoms with E-state index in [0.717, 1.165) is 21.1 Å². The predicted octanol–water partition coefficient (Wildman–Crippen LogP) is 0.625. The molecule has 1 fully saturated rings. The maximum atomic E-state index is 12.7. The first-order chi connectivity index (χ1) is 12.3. The van der Waals surface area contributed by atoms with E-state index in [0.29, 0.717) is 13.0 Å². The maximum absolute atomic E-state index is 12.7. The maximum Gasteiger partial charge on any atom is 0.280 e. The number of hydrogen-bond acceptors (Lipinski definition) is 4. The molecule has 140 valence electrons. The summed E-state index contributed by atoms with van der Waals surface area (Å²) in [5.74, 6) is -0.312. The van der Waals surface area contributed by atoms with Crippen LogP contribution in [0.3, 0.4) is 0 Å². The molecule has 0 aliphatic carbocycles. The van der Waals surface area contributed by atoms with Gasteiger partial charge in [-0.3, -0.25) is 9.48 Å². The molecule has 8 nitrogen and oxygen atoms in total. The van der Waals surface area contributed by atoms with Crippen molar-refractivity contribution in [1.82, 2.24) is 24.1 Å². The van der Waals surface area contributed by atoms with Crippen LogP contribution in [-0.2, 0) is 28.6 Å². The van der Waals surface area contributed by atoms with Crippen molar-refractivity contribution in [2.75, 3.05) is 7.05 Å². The number of aromatic nitrogens is 2. The Labute approximate surface area is 153 Å². The standard InChI is InChI=1S/C17H23N5O3S/c1-12-14(11-21(2)19-12)15-9-16(22(3)26(24,25)20-15)17(23)18-10-13-7-5-4-6-8-13/h4-8,11,15-16,20H,9-10H2,1-3H3,(H,18,23). The summed E-state index contributed by atoms with van der Waals surface area (Å²) >= 11 is 0. The lowest BCUT2D eigenvalue weighted by Gasteiger charge is -2.36. The van der Waals surface area contributed by atoms with Gasteiger partial charge in [-0.15, -0.1) is 0 Å². The summed E-state index contributed by atoms with van der Waals surface area (Å²) in [5.41, 5.74) is 2.48. The summed E-state index contributed by atoms with van der Waals surface area (Å²) in [6, 6.07) is 8.23. The highest BCUT2D eigenvalue weighted by Crippen LogP contribution is 2.29. The Balaban J connectivity index is 1.78. The summed E-state index contributed by atoms with van der Waals surface area (Å²) in [7, 11) is -0.558. The van der Waals surface area contributed by atoms with Crippen molar-refractivity contribution in [2.24, 2.45) is 7.05 Å². The second-order valence-electron chi connectivity index (χ2n) is 6.49. The summed E-state index contributed by atoms with van der Waals surface area (Å²) in [6.45, 7) is 2.18. The first kappa shape index (κ1) is 18.6. The fourth-order valence-corrected chi connectivity index (χ4v) is 4.44. The van der Waals surface area contributed by atoms with Gasteiger partial charge in [0.2, 0.25) is 5.91 Å². The summed E-state index contributed by atoms with van der Waals surface area (Å²) in [4.78, 5) is 12.7. The minimum Gasteiger partial charge on any atom is -0.351 e. The molecule has 0 spiro atoms. The van der Waals surface area contributed by atoms with Crippen molar-refractivity contribution < 1.29 is 13.2 Å². The lowest BCUT2D eigenvalue weighted by Crippen LogP contribution is -2.57. The Morgan fingerprint density at radius 3 is 2.62 bits per heavy atom. The van der Waals surface area contributed by atoms with Gasteiger partial charge in [0.1, 0.15) is 6.04 Å². The molecule has 1 aromatic carbocycles. The Morgan fingerprint density at radius 1 is 1.31 bits per heavy atom. The average molecular weight is 377 g/mol. The Morgan fingerprint density at radius 2 is 2.00 bits per heavy atom. The predicted molar refractivity (Wildman–Crippen MR) is 97.2 cm³/mol. The van der Waals surface area contributed by atoms with Gasteiger partial charge in [-0.25, -0.2) is 0 Å². The molecule has 1 aliphatic rings. The lowest BCUT2D eigenvalue weighted by atomic mass is 10.00. The van der Waals surface area contributed by atoms with Gasteiger partial charge in [0.15, 0.2) is 0 Å². The average Bonchev–Trinajstić information content (AvgIpc) is 2.94. The molecular formula is C17H23N5O3S. The number of carbonyl (C=O) groups is 1. The Bertz CT molecular complexity index is 894. The molecule has 1 saturated heterocycles. The Hall–Kier alpha value is -2.23. The van der Waals surface area contributed by atoms with Crippen molar-refractivity contribution in [3.05, 3.63) is 53.3 Å². The van der Waals surface area contributed by atoms with E-state index in [4.69, 9.17) is 0 Å². The van der Waals surface area contributed by atoms with E-state index in [1.165, 1.54) is 7.05 Å². The van der Waals surface area contributed by atoms with E-state index in [-0.39, 0.29) is 5.91 Å². The summed E-state index contributed by atoms with van der Waals surface area (Å²) in [6.07, 6.45) is 2.12. The van der Waals surface area contributed by atoms with E-state index >= 15 is 0 Å². The van der Waals surface area contributed by atoms with Crippen LogP contribution in [0.4, 0.5) is 0 Å². The molecule has 9 heteroatoms. The highest BCUT2D eigenvalue weighted by molar-refractivity contribution is 7.87. The number of hydrogen-bond donors (Lipinski definition) is 2. The van der Waals surface area contributed by atoms with Gasteiger partial charge in [0.05, 0.1) is 11.7 Å². The number of rotatable bonds is 4. The molecule has 0 bridgehead atoms. The smallest absolute Gasteiger partial charge is 0.280 e. The van der Waals surface area contributed by atoms with Crippen molar-refractivity contribution in [1.29, 1.82) is 0 Å². The molecule has 1 aliphatic heterocycles. The van der Waals surface area contributed by atoms with Crippen LogP contribution >= 0.6 is 0 Å². The number of benzene rings is 1. The zero-order valence-corrected chi connectivity index (χ0v) is 15.8. The molecular weight excluding hydrogens is 354 g/mol. The van der Waals surface area contributed by atoms with Gasteiger partial charge in [0, 0.05) is 32.4 Å². The number of nitrogens with zero attached hydrogens (tertiary/aromatic N) is 3. The van der Waals surface area contributed by atoms with Crippen molar-refractivity contribution in [3.63, 3.8) is 0 Å². The highest BCUT2D eigenvalue weighted by atomic mass is 32.2. The van der Waals surface area contributed by atoms with E-state index in [2.05, 4.69) is 15.1 Å². The monoisotopic (exact) mass is 377 g/mol. The normalized spacial score (nSPS) is 22.9. The molecule has 1 aromatic heterocycles. The van der Waals surface area contributed by atoms with Crippen LogP contribution in [0.2, 0.25) is 0 Å². The zero-order valence-electron chi connectivity index (χ0n) is 15.0. The molecule has 3 rings (SSSR count). The van der Waals surface area contributed by atoms with Crippen LogP contribution in [0, 0.1) is 6.92 Å². The third-order valence-electron chi connectivity index (χ3n) is 4.61. The van der Waals surface area contributed by atoms with Crippen LogP contribution in [0.25, 0.3) is 0 Å². The van der Waals surface area contributed by atoms with Gasteiger partial charge in [0.25, 0.3) is 10.2 Å². The van der Waals surface area contributed by atoms with Gasteiger partial charge in [-0.2, -0.15) is 22.5 Å². The third kappa shape index (κ3) is 3.79. The first-order valence-electron chi connectivity index (χ1n) is 8.35. The van der Waals surface area contributed by atoms with Crippen LogP contribution in [0.5, 0.6) is 0 Å². The highest BCUT2D eigenvalue weighted by Gasteiger charge is 2.41. The van der Waals surface area contributed by atoms with Crippen LogP contribution in [0.1, 0.15) is 29.3 Å². The van der Waals surface area contributed by atoms with E-state index < -0.39 is 22.3 Å². The van der Waals surface area contributed by atoms with Crippen molar-refractivity contribution in [3.8, 4) is 0 Å². The number of aryl methyl sites for hydroxylation is 2. The Kier molecular flexibility index (Phi) is 5.12. The van der Waals surface area contributed by atoms with Crippen molar-refractivity contribution >= 4 is 16.1 Å². The largest absolute Gasteiger partial charge is 0.351 e. The quantitative estimate of drug-likeness (QED) is 0.817. The number of likely N-dealkylation sites (N-methyl/N-ethyl adjacent to an activating group) is 1. The molecule has 2 unspecified atom stereocenters. The van der Waals surface area contributed by atoms with Gasteiger partial charge in [-0.1, -0.05) is 30.3 Å². The number of nitrogens with one attached hydrogen (secondary N) is 2. The first-order valence-corrected chi connectivity index (χ1v) is 9.79. The summed E-state index contributed by atoms with van der Waals surface area (Å²) in [5, 5.41) is 7.10. The van der Waals surface area contributed by atoms with Gasteiger partial charge < -0.3 is 5.32 Å². The second-order valence-corrected chi connectivity index (χ2v) is 8.25. The van der Waals surface area contributed by atoms with E-state index in [1.54, 1.807) is 17.9 Å². The molecule has 26 heavy (non-hydrogen) atoms. The minimum absolute atomic E-state index is 0.312. The van der Waals surface area contributed by atoms with Gasteiger partial charge in [-0.05, 0) is 18.9 Å². The van der Waals surface area contributed by atoms with E-state index in [1.807, 2.05) is 37.3 Å². The van der Waals surface area contributed by atoms with Crippen LogP contribution in [-0.4, -0.2) is 41.5 Å². The topological polar surface area (TPSA) is 96.3 Å². The molecule has 2 aromatic rings. The third-order valence-corrected chi connectivity index (χ3v) is 6.20. The number of amides is 1. The molecule has 2 heterocycles. The minimum atomic E-state index is -3.76. The van der Waals surface area contributed by atoms with Crippen LogP contribution in [0.15, 0.2) is 36.5 Å². The fourth-order valence-electron chi connectivity index (χ4n) is 3.18. The summed E-state index contributed by atoms with van der Waals surface area (Å²) < 4.78 is 30.3. The molecule has 0 radical (unpaired) electrons. The number of carbonyl (C=O) groups excluding carboxylic acids is 1. The van der Waals surface area contributed by atoms with E-state index in [9.17, 15) is 13.2 Å². The SMILES string of the molecule is Cc1nn(C)cc1C1CC(C(=O)NCc2ccccc2)N(C)S(=O)(=O)N1. The second kappa shape index (κ2) is 7.18. The molecule has 2 N–H and O–H groups in total. The van der Waals surface area contributed by atoms with Crippen molar-refractivity contribution in [2.45, 2.75) is 32.0 Å². The zero-order chi connectivity index (χ0) is 18.9. The fraction of sp³-hybridized carbons (Fsp3) is 0.412. The van der Waals surface area contributed by atoms with Gasteiger partial charge >= 0.3 is 0 Å². The lowest BCUT2D eigenvalue weighted by molar-refractivity contribution is -0.125.